The summed E-state index contributed by atoms with van der Waals surface area (Å²) in [6.45, 7) is 2.05. The standard InChI is InChI=1S/C5H9BrN2/c1-8-3-2-7-5(8)4-6/h2-4H2,1H3. The second-order valence-electron chi connectivity index (χ2n) is 1.85. The van der Waals surface area contributed by atoms with Gasteiger partial charge >= 0.3 is 0 Å². The third-order valence-electron chi connectivity index (χ3n) is 1.29. The minimum Gasteiger partial charge on any atom is -0.361 e. The van der Waals surface area contributed by atoms with Crippen molar-refractivity contribution < 1.29 is 0 Å². The highest BCUT2D eigenvalue weighted by atomic mass is 79.9. The van der Waals surface area contributed by atoms with Gasteiger partial charge in [-0.2, -0.15) is 0 Å². The molecule has 1 heterocycles. The smallest absolute Gasteiger partial charge is 0.109 e. The van der Waals surface area contributed by atoms with Gasteiger partial charge in [0.15, 0.2) is 0 Å². The number of hydrogen-bond acceptors (Lipinski definition) is 2. The molecule has 2 nitrogen and oxygen atoms in total. The topological polar surface area (TPSA) is 15.6 Å². The van der Waals surface area contributed by atoms with E-state index in [1.54, 1.807) is 0 Å². The summed E-state index contributed by atoms with van der Waals surface area (Å²) in [6.07, 6.45) is 0. The third kappa shape index (κ3) is 1.02. The van der Waals surface area contributed by atoms with Crippen LogP contribution in [-0.4, -0.2) is 36.2 Å². The van der Waals surface area contributed by atoms with Crippen LogP contribution in [0.1, 0.15) is 0 Å². The molecule has 0 saturated heterocycles. The van der Waals surface area contributed by atoms with Gasteiger partial charge < -0.3 is 4.90 Å². The lowest BCUT2D eigenvalue weighted by Crippen LogP contribution is -2.23. The SMILES string of the molecule is CN1CCN=C1CBr. The summed E-state index contributed by atoms with van der Waals surface area (Å²) in [6, 6.07) is 0. The summed E-state index contributed by atoms with van der Waals surface area (Å²) in [7, 11) is 2.06. The molecule has 8 heavy (non-hydrogen) atoms. The fraction of sp³-hybridized carbons (Fsp3) is 0.800. The van der Waals surface area contributed by atoms with Crippen molar-refractivity contribution >= 4 is 21.8 Å². The lowest BCUT2D eigenvalue weighted by Gasteiger charge is -2.09. The first-order valence-electron chi connectivity index (χ1n) is 2.65. The van der Waals surface area contributed by atoms with Gasteiger partial charge in [-0.15, -0.1) is 0 Å². The minimum absolute atomic E-state index is 0.892. The third-order valence-corrected chi connectivity index (χ3v) is 1.79. The van der Waals surface area contributed by atoms with Gasteiger partial charge in [-0.3, -0.25) is 4.99 Å². The second kappa shape index (κ2) is 2.49. The molecule has 0 aliphatic carbocycles. The Bertz CT molecular complexity index is 111. The van der Waals surface area contributed by atoms with Gasteiger partial charge in [0.2, 0.25) is 0 Å². The van der Waals surface area contributed by atoms with Crippen molar-refractivity contribution in [2.75, 3.05) is 25.5 Å². The zero-order chi connectivity index (χ0) is 5.98. The molecule has 1 aliphatic heterocycles. The molecule has 0 aromatic heterocycles. The lowest BCUT2D eigenvalue weighted by molar-refractivity contribution is 0.554. The molecule has 0 spiro atoms. The summed E-state index contributed by atoms with van der Waals surface area (Å²) in [5, 5.41) is 0.892. The fourth-order valence-electron chi connectivity index (χ4n) is 0.723. The van der Waals surface area contributed by atoms with Crippen molar-refractivity contribution in [3.05, 3.63) is 0 Å². The molecule has 0 N–H and O–H groups in total. The van der Waals surface area contributed by atoms with Gasteiger partial charge in [0.25, 0.3) is 0 Å². The van der Waals surface area contributed by atoms with Crippen LogP contribution < -0.4 is 0 Å². The van der Waals surface area contributed by atoms with Gasteiger partial charge in [0.05, 0.1) is 11.9 Å². The van der Waals surface area contributed by atoms with E-state index in [9.17, 15) is 0 Å². The zero-order valence-electron chi connectivity index (χ0n) is 4.89. The molecule has 0 fully saturated rings. The maximum absolute atomic E-state index is 4.23. The number of alkyl halides is 1. The number of likely N-dealkylation sites (N-methyl/N-ethyl adjacent to an activating group) is 1. The Morgan fingerprint density at radius 3 is 2.88 bits per heavy atom. The molecule has 0 aromatic carbocycles. The predicted molar refractivity (Wildman–Crippen MR) is 38.7 cm³/mol. The Kier molecular flexibility index (Phi) is 1.89. The van der Waals surface area contributed by atoms with E-state index in [1.807, 2.05) is 0 Å². The fourth-order valence-corrected chi connectivity index (χ4v) is 1.33. The zero-order valence-corrected chi connectivity index (χ0v) is 6.48. The van der Waals surface area contributed by atoms with Crippen molar-refractivity contribution in [2.24, 2.45) is 4.99 Å². The summed E-state index contributed by atoms with van der Waals surface area (Å²) in [4.78, 5) is 6.39. The van der Waals surface area contributed by atoms with Crippen LogP contribution in [0.4, 0.5) is 0 Å². The van der Waals surface area contributed by atoms with Crippen molar-refractivity contribution in [2.45, 2.75) is 0 Å². The number of amidine groups is 1. The highest BCUT2D eigenvalue weighted by molar-refractivity contribution is 9.09. The molecule has 0 unspecified atom stereocenters. The highest BCUT2D eigenvalue weighted by Gasteiger charge is 2.08. The maximum Gasteiger partial charge on any atom is 0.109 e. The molecule has 1 rings (SSSR count). The maximum atomic E-state index is 4.23. The number of aliphatic imine (C=N–C) groups is 1. The van der Waals surface area contributed by atoms with Crippen molar-refractivity contribution in [3.8, 4) is 0 Å². The molecule has 46 valence electrons. The minimum atomic E-state index is 0.892. The van der Waals surface area contributed by atoms with E-state index in [-0.39, 0.29) is 0 Å². The number of halogens is 1. The Balaban J connectivity index is 2.49. The summed E-state index contributed by atoms with van der Waals surface area (Å²) >= 11 is 3.34. The van der Waals surface area contributed by atoms with Crippen molar-refractivity contribution in [1.82, 2.24) is 4.90 Å². The Hall–Kier alpha value is -0.0500. The molecule has 3 heteroatoms. The average molecular weight is 177 g/mol. The molecular formula is C5H9BrN2. The Labute approximate surface area is 57.7 Å². The van der Waals surface area contributed by atoms with Crippen LogP contribution in [0.15, 0.2) is 4.99 Å². The van der Waals surface area contributed by atoms with Crippen LogP contribution in [-0.2, 0) is 0 Å². The number of hydrogen-bond donors (Lipinski definition) is 0. The largest absolute Gasteiger partial charge is 0.361 e. The van der Waals surface area contributed by atoms with Crippen LogP contribution in [0, 0.1) is 0 Å². The average Bonchev–Trinajstić information content (AvgIpc) is 2.14. The van der Waals surface area contributed by atoms with E-state index >= 15 is 0 Å². The van der Waals surface area contributed by atoms with Gasteiger partial charge in [-0.05, 0) is 0 Å². The molecule has 0 saturated carbocycles. The Morgan fingerprint density at radius 1 is 1.88 bits per heavy atom. The van der Waals surface area contributed by atoms with E-state index in [0.29, 0.717) is 0 Å². The molecule has 0 atom stereocenters. The quantitative estimate of drug-likeness (QED) is 0.539. The van der Waals surface area contributed by atoms with Crippen LogP contribution in [0.2, 0.25) is 0 Å². The highest BCUT2D eigenvalue weighted by Crippen LogP contribution is 1.99. The monoisotopic (exact) mass is 176 g/mol. The van der Waals surface area contributed by atoms with Crippen LogP contribution in [0.3, 0.4) is 0 Å². The molecule has 0 bridgehead atoms. The summed E-state index contributed by atoms with van der Waals surface area (Å²) < 4.78 is 0. The molecule has 0 amide bonds. The molecular weight excluding hydrogens is 168 g/mol. The molecule has 1 aliphatic rings. The van der Waals surface area contributed by atoms with Gasteiger partial charge in [-0.25, -0.2) is 0 Å². The van der Waals surface area contributed by atoms with Crippen LogP contribution in [0.25, 0.3) is 0 Å². The summed E-state index contributed by atoms with van der Waals surface area (Å²) in [5.74, 6) is 1.17. The van der Waals surface area contributed by atoms with E-state index in [0.717, 1.165) is 18.4 Å². The number of nitrogens with zero attached hydrogens (tertiary/aromatic N) is 2. The first-order valence-corrected chi connectivity index (χ1v) is 3.77. The van der Waals surface area contributed by atoms with Gasteiger partial charge in [-0.1, -0.05) is 15.9 Å². The van der Waals surface area contributed by atoms with E-state index in [2.05, 4.69) is 32.9 Å². The van der Waals surface area contributed by atoms with E-state index in [1.165, 1.54) is 5.84 Å². The lowest BCUT2D eigenvalue weighted by atomic mass is 10.6. The van der Waals surface area contributed by atoms with Crippen molar-refractivity contribution in [3.63, 3.8) is 0 Å². The first kappa shape index (κ1) is 6.08. The second-order valence-corrected chi connectivity index (χ2v) is 2.41. The number of rotatable bonds is 1. The van der Waals surface area contributed by atoms with Crippen LogP contribution >= 0.6 is 15.9 Å². The van der Waals surface area contributed by atoms with Gasteiger partial charge in [0, 0.05) is 13.6 Å². The van der Waals surface area contributed by atoms with E-state index in [4.69, 9.17) is 0 Å². The van der Waals surface area contributed by atoms with Gasteiger partial charge in [0.1, 0.15) is 5.84 Å². The molecule has 0 aromatic rings. The van der Waals surface area contributed by atoms with Crippen molar-refractivity contribution in [1.29, 1.82) is 0 Å². The molecule has 0 radical (unpaired) electrons. The first-order chi connectivity index (χ1) is 3.84. The van der Waals surface area contributed by atoms with E-state index < -0.39 is 0 Å². The van der Waals surface area contributed by atoms with Crippen LogP contribution in [0.5, 0.6) is 0 Å². The Morgan fingerprint density at radius 2 is 2.62 bits per heavy atom. The predicted octanol–water partition coefficient (Wildman–Crippen LogP) is 0.725. The summed E-state index contributed by atoms with van der Waals surface area (Å²) in [5.41, 5.74) is 0. The normalized spacial score (nSPS) is 19.2.